The molecule has 0 amide bonds. The number of rotatable bonds is 4. The third-order valence-electron chi connectivity index (χ3n) is 3.36. The third-order valence-corrected chi connectivity index (χ3v) is 4.30. The maximum atomic E-state index is 5.92. The summed E-state index contributed by atoms with van der Waals surface area (Å²) in [6, 6.07) is 6.16. The van der Waals surface area contributed by atoms with Gasteiger partial charge in [-0.3, -0.25) is 4.90 Å². The third kappa shape index (κ3) is 3.05. The summed E-state index contributed by atoms with van der Waals surface area (Å²) in [5, 5.41) is 4.45. The van der Waals surface area contributed by atoms with Gasteiger partial charge < -0.3 is 10.1 Å². The van der Waals surface area contributed by atoms with Gasteiger partial charge in [-0.25, -0.2) is 4.98 Å². The fourth-order valence-corrected chi connectivity index (χ4v) is 3.21. The van der Waals surface area contributed by atoms with Gasteiger partial charge in [0.25, 0.3) is 0 Å². The Morgan fingerprint density at radius 1 is 1.37 bits per heavy atom. The molecule has 1 N–H and O–H groups in total. The van der Waals surface area contributed by atoms with Crippen molar-refractivity contribution >= 4 is 21.6 Å². The molecule has 4 nitrogen and oxygen atoms in total. The summed E-state index contributed by atoms with van der Waals surface area (Å²) < 4.78 is 7.12. The van der Waals surface area contributed by atoms with Crippen molar-refractivity contribution in [3.8, 4) is 5.75 Å². The summed E-state index contributed by atoms with van der Waals surface area (Å²) in [6.07, 6.45) is 0. The smallest absolute Gasteiger partial charge is 0.146 e. The fraction of sp³-hybridized carbons (Fsp3) is 0.500. The van der Waals surface area contributed by atoms with E-state index in [2.05, 4.69) is 21.3 Å². The van der Waals surface area contributed by atoms with E-state index in [4.69, 9.17) is 4.74 Å². The van der Waals surface area contributed by atoms with Crippen LogP contribution in [0.2, 0.25) is 0 Å². The minimum atomic E-state index is 0.732. The number of para-hydroxylation sites is 1. The highest BCUT2D eigenvalue weighted by Gasteiger charge is 2.10. The van der Waals surface area contributed by atoms with Gasteiger partial charge in [0.1, 0.15) is 17.9 Å². The zero-order valence-corrected chi connectivity index (χ0v) is 12.0. The Balaban J connectivity index is 1.61. The molecule has 19 heavy (non-hydrogen) atoms. The highest BCUT2D eigenvalue weighted by Crippen LogP contribution is 2.29. The second-order valence-corrected chi connectivity index (χ2v) is 6.01. The summed E-state index contributed by atoms with van der Waals surface area (Å²) in [6.45, 7) is 8.15. The first-order valence-electron chi connectivity index (χ1n) is 6.75. The van der Waals surface area contributed by atoms with Crippen molar-refractivity contribution < 1.29 is 4.74 Å². The number of piperazine rings is 1. The predicted octanol–water partition coefficient (Wildman–Crippen LogP) is 1.89. The van der Waals surface area contributed by atoms with Gasteiger partial charge in [0.2, 0.25) is 0 Å². The van der Waals surface area contributed by atoms with Crippen molar-refractivity contribution in [3.05, 3.63) is 23.2 Å². The van der Waals surface area contributed by atoms with Crippen LogP contribution in [0.15, 0.2) is 18.2 Å². The van der Waals surface area contributed by atoms with Crippen LogP contribution in [0.1, 0.15) is 5.01 Å². The van der Waals surface area contributed by atoms with Crippen molar-refractivity contribution in [1.82, 2.24) is 15.2 Å². The van der Waals surface area contributed by atoms with E-state index in [-0.39, 0.29) is 0 Å². The molecule has 1 aliphatic rings. The first kappa shape index (κ1) is 12.8. The zero-order valence-electron chi connectivity index (χ0n) is 11.2. The van der Waals surface area contributed by atoms with Crippen molar-refractivity contribution in [1.29, 1.82) is 0 Å². The highest BCUT2D eigenvalue weighted by molar-refractivity contribution is 7.18. The van der Waals surface area contributed by atoms with Crippen molar-refractivity contribution in [2.75, 3.05) is 39.3 Å². The lowest BCUT2D eigenvalue weighted by Crippen LogP contribution is -2.44. The van der Waals surface area contributed by atoms with Gasteiger partial charge >= 0.3 is 0 Å². The van der Waals surface area contributed by atoms with E-state index in [1.807, 2.05) is 19.1 Å². The van der Waals surface area contributed by atoms with E-state index in [9.17, 15) is 0 Å². The molecule has 0 unspecified atom stereocenters. The molecule has 1 aromatic heterocycles. The molecule has 0 aliphatic carbocycles. The van der Waals surface area contributed by atoms with Crippen LogP contribution in [0.5, 0.6) is 5.75 Å². The van der Waals surface area contributed by atoms with E-state index in [1.165, 1.54) is 4.70 Å². The Labute approximate surface area is 117 Å². The van der Waals surface area contributed by atoms with Crippen LogP contribution in [0, 0.1) is 6.92 Å². The number of fused-ring (bicyclic) bond motifs is 1. The van der Waals surface area contributed by atoms with Crippen molar-refractivity contribution in [3.63, 3.8) is 0 Å². The van der Waals surface area contributed by atoms with Crippen LogP contribution < -0.4 is 10.1 Å². The van der Waals surface area contributed by atoms with Gasteiger partial charge in [-0.1, -0.05) is 6.07 Å². The number of thiazole rings is 1. The average molecular weight is 277 g/mol. The topological polar surface area (TPSA) is 37.4 Å². The summed E-state index contributed by atoms with van der Waals surface area (Å²) >= 11 is 1.72. The van der Waals surface area contributed by atoms with Crippen LogP contribution >= 0.6 is 11.3 Å². The number of benzene rings is 1. The van der Waals surface area contributed by atoms with E-state index in [0.29, 0.717) is 0 Å². The van der Waals surface area contributed by atoms with E-state index in [0.717, 1.165) is 55.6 Å². The SMILES string of the molecule is Cc1nc2c(OCCN3CCNCC3)cccc2s1. The van der Waals surface area contributed by atoms with Crippen LogP contribution in [-0.4, -0.2) is 49.2 Å². The van der Waals surface area contributed by atoms with Gasteiger partial charge in [-0.05, 0) is 19.1 Å². The molecule has 1 saturated heterocycles. The van der Waals surface area contributed by atoms with Gasteiger partial charge in [0.05, 0.1) is 9.71 Å². The monoisotopic (exact) mass is 277 g/mol. The number of ether oxygens (including phenoxy) is 1. The molecule has 1 aliphatic heterocycles. The molecule has 2 aromatic rings. The standard InChI is InChI=1S/C14H19N3OS/c1-11-16-14-12(3-2-4-13(14)19-11)18-10-9-17-7-5-15-6-8-17/h2-4,15H,5-10H2,1H3. The fourth-order valence-electron chi connectivity index (χ4n) is 2.37. The first-order chi connectivity index (χ1) is 9.33. The van der Waals surface area contributed by atoms with Crippen LogP contribution in [0.3, 0.4) is 0 Å². The number of aromatic nitrogens is 1. The largest absolute Gasteiger partial charge is 0.490 e. The minimum Gasteiger partial charge on any atom is -0.490 e. The minimum absolute atomic E-state index is 0.732. The molecular weight excluding hydrogens is 258 g/mol. The Kier molecular flexibility index (Phi) is 3.96. The number of aryl methyl sites for hydroxylation is 1. The molecule has 0 atom stereocenters. The Morgan fingerprint density at radius 3 is 3.05 bits per heavy atom. The van der Waals surface area contributed by atoms with Gasteiger partial charge in [-0.2, -0.15) is 0 Å². The molecule has 5 heteroatoms. The van der Waals surface area contributed by atoms with Gasteiger partial charge in [-0.15, -0.1) is 11.3 Å². The predicted molar refractivity (Wildman–Crippen MR) is 79.2 cm³/mol. The summed E-state index contributed by atoms with van der Waals surface area (Å²) in [7, 11) is 0. The number of nitrogens with zero attached hydrogens (tertiary/aromatic N) is 2. The quantitative estimate of drug-likeness (QED) is 0.926. The first-order valence-corrected chi connectivity index (χ1v) is 7.56. The van der Waals surface area contributed by atoms with E-state index < -0.39 is 0 Å². The second-order valence-electron chi connectivity index (χ2n) is 4.78. The van der Waals surface area contributed by atoms with E-state index in [1.54, 1.807) is 11.3 Å². The van der Waals surface area contributed by atoms with E-state index >= 15 is 0 Å². The molecule has 1 fully saturated rings. The Morgan fingerprint density at radius 2 is 2.21 bits per heavy atom. The lowest BCUT2D eigenvalue weighted by molar-refractivity contribution is 0.192. The normalized spacial score (nSPS) is 16.9. The zero-order chi connectivity index (χ0) is 13.1. The molecule has 2 heterocycles. The average Bonchev–Trinajstić information content (AvgIpc) is 2.81. The van der Waals surface area contributed by atoms with Crippen LogP contribution in [-0.2, 0) is 0 Å². The number of hydrogen-bond acceptors (Lipinski definition) is 5. The molecule has 0 bridgehead atoms. The van der Waals surface area contributed by atoms with Gasteiger partial charge in [0, 0.05) is 32.7 Å². The lowest BCUT2D eigenvalue weighted by atomic mass is 10.3. The van der Waals surface area contributed by atoms with Gasteiger partial charge in [0.15, 0.2) is 0 Å². The van der Waals surface area contributed by atoms with Crippen LogP contribution in [0.25, 0.3) is 10.2 Å². The molecular formula is C14H19N3OS. The number of nitrogens with one attached hydrogen (secondary N) is 1. The molecule has 1 aromatic carbocycles. The Hall–Kier alpha value is -1.17. The second kappa shape index (κ2) is 5.86. The molecule has 0 spiro atoms. The van der Waals surface area contributed by atoms with Crippen LogP contribution in [0.4, 0.5) is 0 Å². The highest BCUT2D eigenvalue weighted by atomic mass is 32.1. The number of hydrogen-bond donors (Lipinski definition) is 1. The maximum absolute atomic E-state index is 5.92. The molecule has 0 radical (unpaired) electrons. The summed E-state index contributed by atoms with van der Waals surface area (Å²) in [5.74, 6) is 0.914. The Bertz CT molecular complexity index is 549. The molecule has 3 rings (SSSR count). The maximum Gasteiger partial charge on any atom is 0.146 e. The summed E-state index contributed by atoms with van der Waals surface area (Å²) in [4.78, 5) is 6.98. The van der Waals surface area contributed by atoms with Crippen molar-refractivity contribution in [2.45, 2.75) is 6.92 Å². The summed E-state index contributed by atoms with van der Waals surface area (Å²) in [5.41, 5.74) is 1.00. The molecule has 102 valence electrons. The molecule has 0 saturated carbocycles. The van der Waals surface area contributed by atoms with Crippen molar-refractivity contribution in [2.24, 2.45) is 0 Å². The lowest BCUT2D eigenvalue weighted by Gasteiger charge is -2.26.